The molecule has 0 saturated heterocycles. The highest BCUT2D eigenvalue weighted by molar-refractivity contribution is 5.65. The van der Waals surface area contributed by atoms with Crippen LogP contribution in [-0.2, 0) is 32.0 Å². The van der Waals surface area contributed by atoms with Crippen LogP contribution in [0.25, 0.3) is 11.3 Å². The van der Waals surface area contributed by atoms with E-state index in [0.717, 1.165) is 38.1 Å². The van der Waals surface area contributed by atoms with Gasteiger partial charge in [-0.05, 0) is 37.8 Å². The summed E-state index contributed by atoms with van der Waals surface area (Å²) in [5.74, 6) is -1.11. The van der Waals surface area contributed by atoms with E-state index in [2.05, 4.69) is 10.1 Å². The summed E-state index contributed by atoms with van der Waals surface area (Å²) in [6.45, 7) is 1.88. The second-order valence-corrected chi connectivity index (χ2v) is 7.62. The van der Waals surface area contributed by atoms with Crippen molar-refractivity contribution in [1.29, 1.82) is 0 Å². The molecular weight excluding hydrogens is 430 g/mol. The zero-order valence-electron chi connectivity index (χ0n) is 17.6. The lowest BCUT2D eigenvalue weighted by molar-refractivity contribution is -0.137. The predicted molar refractivity (Wildman–Crippen MR) is 107 cm³/mol. The van der Waals surface area contributed by atoms with E-state index in [4.69, 9.17) is 9.26 Å². The van der Waals surface area contributed by atoms with Gasteiger partial charge in [-0.25, -0.2) is 9.37 Å². The number of methoxy groups -OCH3 is 1. The number of aromatic nitrogens is 3. The van der Waals surface area contributed by atoms with Crippen LogP contribution in [-0.4, -0.2) is 21.8 Å². The van der Waals surface area contributed by atoms with E-state index in [0.29, 0.717) is 30.3 Å². The predicted octanol–water partition coefficient (Wildman–Crippen LogP) is 4.55. The third-order valence-electron chi connectivity index (χ3n) is 5.58. The fourth-order valence-electron chi connectivity index (χ4n) is 4.00. The van der Waals surface area contributed by atoms with Gasteiger partial charge in [0.15, 0.2) is 17.3 Å². The minimum Gasteiger partial charge on any atom is -0.494 e. The van der Waals surface area contributed by atoms with Crippen LogP contribution in [0.5, 0.6) is 5.75 Å². The number of alkyl halides is 3. The lowest BCUT2D eigenvalue weighted by Crippen LogP contribution is -2.32. The van der Waals surface area contributed by atoms with Gasteiger partial charge in [-0.15, -0.1) is 0 Å². The molecule has 0 fully saturated rings. The number of rotatable bonds is 5. The number of benzene rings is 1. The van der Waals surface area contributed by atoms with Crippen LogP contribution in [0.2, 0.25) is 0 Å². The fourth-order valence-corrected chi connectivity index (χ4v) is 4.00. The zero-order chi connectivity index (χ0) is 23.0. The number of fused-ring (bicyclic) bond motifs is 1. The molecular formula is C22H21F4N3O3. The molecule has 0 unspecified atom stereocenters. The molecule has 0 aliphatic heterocycles. The average Bonchev–Trinajstić information content (AvgIpc) is 3.23. The second-order valence-electron chi connectivity index (χ2n) is 7.62. The zero-order valence-corrected chi connectivity index (χ0v) is 17.6. The molecule has 32 heavy (non-hydrogen) atoms. The molecule has 4 rings (SSSR count). The molecule has 1 aliphatic rings. The van der Waals surface area contributed by atoms with Crippen LogP contribution in [0, 0.1) is 5.82 Å². The number of halogens is 4. The Labute approximate surface area is 180 Å². The molecule has 2 heterocycles. The smallest absolute Gasteiger partial charge is 0.417 e. The lowest BCUT2D eigenvalue weighted by Gasteiger charge is -2.18. The Morgan fingerprint density at radius 2 is 1.94 bits per heavy atom. The minimum atomic E-state index is -4.82. The third-order valence-corrected chi connectivity index (χ3v) is 5.58. The summed E-state index contributed by atoms with van der Waals surface area (Å²) in [6, 6.07) is 2.60. The highest BCUT2D eigenvalue weighted by atomic mass is 19.4. The van der Waals surface area contributed by atoms with E-state index in [1.165, 1.54) is 10.6 Å². The van der Waals surface area contributed by atoms with Crippen molar-refractivity contribution in [2.24, 2.45) is 0 Å². The molecule has 6 nitrogen and oxygen atoms in total. The minimum absolute atomic E-state index is 0.00542. The monoisotopic (exact) mass is 451 g/mol. The number of ether oxygens (including phenoxy) is 1. The topological polar surface area (TPSA) is 70.2 Å². The van der Waals surface area contributed by atoms with Crippen molar-refractivity contribution in [3.05, 3.63) is 62.7 Å². The Morgan fingerprint density at radius 3 is 2.62 bits per heavy atom. The van der Waals surface area contributed by atoms with E-state index < -0.39 is 23.1 Å². The van der Waals surface area contributed by atoms with E-state index in [1.54, 1.807) is 0 Å². The molecule has 2 aromatic heterocycles. The molecule has 0 atom stereocenters. The van der Waals surface area contributed by atoms with Crippen LogP contribution >= 0.6 is 0 Å². The Bertz CT molecular complexity index is 1210. The summed E-state index contributed by atoms with van der Waals surface area (Å²) < 4.78 is 65.9. The molecule has 0 amide bonds. The van der Waals surface area contributed by atoms with Crippen LogP contribution in [0.1, 0.15) is 48.1 Å². The number of nitrogens with zero attached hydrogens (tertiary/aromatic N) is 3. The summed E-state index contributed by atoms with van der Waals surface area (Å²) in [7, 11) is 1.16. The first-order valence-electron chi connectivity index (χ1n) is 10.2. The fraction of sp³-hybridized carbons (Fsp3) is 0.409. The summed E-state index contributed by atoms with van der Waals surface area (Å²) in [5, 5.41) is 3.85. The van der Waals surface area contributed by atoms with E-state index >= 15 is 0 Å². The van der Waals surface area contributed by atoms with Gasteiger partial charge >= 0.3 is 6.18 Å². The van der Waals surface area contributed by atoms with Gasteiger partial charge < -0.3 is 9.26 Å². The molecule has 0 radical (unpaired) electrons. The van der Waals surface area contributed by atoms with Crippen molar-refractivity contribution in [2.45, 2.75) is 51.7 Å². The first kappa shape index (κ1) is 22.0. The maximum Gasteiger partial charge on any atom is 0.417 e. The average molecular weight is 451 g/mol. The van der Waals surface area contributed by atoms with E-state index in [9.17, 15) is 22.4 Å². The molecule has 10 heteroatoms. The standard InChI is InChI=1S/C22H21F4N3O3/c1-3-20-27-17-7-5-4-6-13(17)21(30)29(20)11-12-8-18(32-28-12)14-9-19(31-2)16(23)10-15(14)22(24,25)26/h8-10H,3-7,11H2,1-2H3. The van der Waals surface area contributed by atoms with Gasteiger partial charge in [-0.3, -0.25) is 9.36 Å². The van der Waals surface area contributed by atoms with Gasteiger partial charge in [-0.2, -0.15) is 13.2 Å². The normalized spacial score (nSPS) is 13.8. The SMILES string of the molecule is CCc1nc2c(c(=O)n1Cc1cc(-c3cc(OC)c(F)cc3C(F)(F)F)on1)CCCC2. The molecule has 0 N–H and O–H groups in total. The molecule has 0 saturated carbocycles. The Kier molecular flexibility index (Phi) is 5.79. The van der Waals surface area contributed by atoms with Crippen LogP contribution in [0.4, 0.5) is 17.6 Å². The van der Waals surface area contributed by atoms with Gasteiger partial charge in [0.05, 0.1) is 24.9 Å². The largest absolute Gasteiger partial charge is 0.494 e. The Morgan fingerprint density at radius 1 is 1.19 bits per heavy atom. The van der Waals surface area contributed by atoms with Crippen molar-refractivity contribution in [3.63, 3.8) is 0 Å². The Balaban J connectivity index is 1.75. The van der Waals surface area contributed by atoms with Crippen LogP contribution < -0.4 is 10.3 Å². The summed E-state index contributed by atoms with van der Waals surface area (Å²) >= 11 is 0. The van der Waals surface area contributed by atoms with E-state index in [-0.39, 0.29) is 29.3 Å². The highest BCUT2D eigenvalue weighted by Gasteiger charge is 2.36. The first-order valence-corrected chi connectivity index (χ1v) is 10.2. The second kappa shape index (κ2) is 8.40. The number of aryl methyl sites for hydroxylation is 2. The van der Waals surface area contributed by atoms with Gasteiger partial charge in [0.2, 0.25) is 0 Å². The molecule has 170 valence electrons. The van der Waals surface area contributed by atoms with Crippen molar-refractivity contribution in [1.82, 2.24) is 14.7 Å². The quantitative estimate of drug-likeness (QED) is 0.532. The van der Waals surface area contributed by atoms with Crippen molar-refractivity contribution in [3.8, 4) is 17.1 Å². The molecule has 3 aromatic rings. The first-order chi connectivity index (χ1) is 15.2. The van der Waals surface area contributed by atoms with Crippen LogP contribution in [0.3, 0.4) is 0 Å². The Hall–Kier alpha value is -3.17. The molecule has 1 aliphatic carbocycles. The van der Waals surface area contributed by atoms with Gasteiger partial charge in [0.25, 0.3) is 5.56 Å². The van der Waals surface area contributed by atoms with Gasteiger partial charge in [0, 0.05) is 23.6 Å². The number of hydrogen-bond donors (Lipinski definition) is 0. The molecule has 0 bridgehead atoms. The van der Waals surface area contributed by atoms with Gasteiger partial charge in [-0.1, -0.05) is 12.1 Å². The summed E-state index contributed by atoms with van der Waals surface area (Å²) in [4.78, 5) is 17.7. The van der Waals surface area contributed by atoms with Crippen LogP contribution in [0.15, 0.2) is 27.5 Å². The molecule has 1 aromatic carbocycles. The lowest BCUT2D eigenvalue weighted by atomic mass is 9.97. The summed E-state index contributed by atoms with van der Waals surface area (Å²) in [6.07, 6.45) is -0.985. The highest BCUT2D eigenvalue weighted by Crippen LogP contribution is 2.40. The summed E-state index contributed by atoms with van der Waals surface area (Å²) in [5.41, 5.74) is -0.00832. The third kappa shape index (κ3) is 4.01. The molecule has 0 spiro atoms. The van der Waals surface area contributed by atoms with E-state index in [1.807, 2.05) is 6.92 Å². The maximum absolute atomic E-state index is 13.9. The van der Waals surface area contributed by atoms with Crippen molar-refractivity contribution in [2.75, 3.05) is 7.11 Å². The van der Waals surface area contributed by atoms with Crippen molar-refractivity contribution >= 4 is 0 Å². The number of hydrogen-bond acceptors (Lipinski definition) is 5. The maximum atomic E-state index is 13.9. The van der Waals surface area contributed by atoms with Gasteiger partial charge in [0.1, 0.15) is 11.5 Å². The van der Waals surface area contributed by atoms with Crippen molar-refractivity contribution < 1.29 is 26.8 Å².